The molecule has 0 radical (unpaired) electrons. The largest absolute Gasteiger partial charge is 0.332 e. The summed E-state index contributed by atoms with van der Waals surface area (Å²) in [6, 6.07) is 13.8. The first-order valence-corrected chi connectivity index (χ1v) is 8.41. The molecule has 1 aliphatic heterocycles. The summed E-state index contributed by atoms with van der Waals surface area (Å²) in [5, 5.41) is 0. The number of pyridine rings is 1. The number of carbonyl (C=O) groups excluding carboxylic acids is 1. The molecule has 4 rings (SSSR count). The molecule has 2 aromatic heterocycles. The van der Waals surface area contributed by atoms with E-state index in [4.69, 9.17) is 0 Å². The molecule has 124 valence electrons. The van der Waals surface area contributed by atoms with Gasteiger partial charge in [0.1, 0.15) is 0 Å². The zero-order valence-corrected chi connectivity index (χ0v) is 13.7. The summed E-state index contributed by atoms with van der Waals surface area (Å²) >= 11 is 0. The van der Waals surface area contributed by atoms with Crippen molar-refractivity contribution >= 4 is 5.91 Å². The van der Waals surface area contributed by atoms with E-state index >= 15 is 0 Å². The van der Waals surface area contributed by atoms with Crippen molar-refractivity contribution in [1.82, 2.24) is 19.9 Å². The molecule has 0 N–H and O–H groups in total. The maximum Gasteiger partial charge on any atom is 0.257 e. The second-order valence-corrected chi connectivity index (χ2v) is 6.10. The summed E-state index contributed by atoms with van der Waals surface area (Å²) in [4.78, 5) is 27.6. The van der Waals surface area contributed by atoms with E-state index in [1.165, 1.54) is 0 Å². The number of likely N-dealkylation sites (tertiary alicyclic amines) is 1. The van der Waals surface area contributed by atoms with Gasteiger partial charge in [-0.15, -0.1) is 0 Å². The molecule has 0 unspecified atom stereocenters. The lowest BCUT2D eigenvalue weighted by Gasteiger charge is -2.24. The van der Waals surface area contributed by atoms with Gasteiger partial charge in [-0.05, 0) is 30.5 Å². The summed E-state index contributed by atoms with van der Waals surface area (Å²) < 4.78 is 0. The molecule has 0 bridgehead atoms. The average Bonchev–Trinajstić information content (AvgIpc) is 3.19. The van der Waals surface area contributed by atoms with Crippen LogP contribution < -0.4 is 0 Å². The topological polar surface area (TPSA) is 59.0 Å². The molecule has 3 aromatic rings. The molecule has 1 amide bonds. The highest BCUT2D eigenvalue weighted by atomic mass is 16.2. The van der Waals surface area contributed by atoms with Crippen LogP contribution in [-0.4, -0.2) is 32.3 Å². The van der Waals surface area contributed by atoms with E-state index in [1.807, 2.05) is 47.4 Å². The SMILES string of the molecule is O=C(c1cnc(-c2ccccc2)nc1)N1CCC[C@H]1c1ccncc1. The van der Waals surface area contributed by atoms with Crippen LogP contribution in [0.15, 0.2) is 67.3 Å². The molecular weight excluding hydrogens is 312 g/mol. The number of benzene rings is 1. The molecule has 5 heteroatoms. The molecule has 3 heterocycles. The molecule has 0 aliphatic carbocycles. The van der Waals surface area contributed by atoms with E-state index in [0.29, 0.717) is 11.4 Å². The first kappa shape index (κ1) is 15.4. The van der Waals surface area contributed by atoms with E-state index in [-0.39, 0.29) is 11.9 Å². The van der Waals surface area contributed by atoms with Gasteiger partial charge < -0.3 is 4.90 Å². The Kier molecular flexibility index (Phi) is 4.21. The second kappa shape index (κ2) is 6.81. The molecule has 1 fully saturated rings. The van der Waals surface area contributed by atoms with Gasteiger partial charge in [0, 0.05) is 36.9 Å². The molecule has 1 aliphatic rings. The summed E-state index contributed by atoms with van der Waals surface area (Å²) in [6.45, 7) is 0.756. The summed E-state index contributed by atoms with van der Waals surface area (Å²) in [5.74, 6) is 0.614. The minimum absolute atomic E-state index is 0.0149. The highest BCUT2D eigenvalue weighted by Gasteiger charge is 2.30. The van der Waals surface area contributed by atoms with Gasteiger partial charge in [0.05, 0.1) is 11.6 Å². The zero-order chi connectivity index (χ0) is 17.1. The van der Waals surface area contributed by atoms with E-state index < -0.39 is 0 Å². The van der Waals surface area contributed by atoms with Crippen molar-refractivity contribution in [2.45, 2.75) is 18.9 Å². The molecule has 25 heavy (non-hydrogen) atoms. The van der Waals surface area contributed by atoms with Crippen LogP contribution in [-0.2, 0) is 0 Å². The van der Waals surface area contributed by atoms with Gasteiger partial charge in [0.15, 0.2) is 5.82 Å². The van der Waals surface area contributed by atoms with Crippen molar-refractivity contribution < 1.29 is 4.79 Å². The normalized spacial score (nSPS) is 16.8. The number of carbonyl (C=O) groups is 1. The lowest BCUT2D eigenvalue weighted by atomic mass is 10.1. The first-order chi connectivity index (χ1) is 12.3. The summed E-state index contributed by atoms with van der Waals surface area (Å²) in [7, 11) is 0. The highest BCUT2D eigenvalue weighted by Crippen LogP contribution is 2.32. The fraction of sp³-hybridized carbons (Fsp3) is 0.200. The Balaban J connectivity index is 1.56. The lowest BCUT2D eigenvalue weighted by molar-refractivity contribution is 0.0734. The van der Waals surface area contributed by atoms with Gasteiger partial charge in [0.2, 0.25) is 0 Å². The predicted molar refractivity (Wildman–Crippen MR) is 94.7 cm³/mol. The minimum atomic E-state index is -0.0149. The van der Waals surface area contributed by atoms with Gasteiger partial charge in [-0.25, -0.2) is 9.97 Å². The number of aromatic nitrogens is 3. The Morgan fingerprint density at radius 2 is 1.72 bits per heavy atom. The first-order valence-electron chi connectivity index (χ1n) is 8.41. The minimum Gasteiger partial charge on any atom is -0.332 e. The van der Waals surface area contributed by atoms with Gasteiger partial charge in [-0.2, -0.15) is 0 Å². The fourth-order valence-electron chi connectivity index (χ4n) is 3.28. The van der Waals surface area contributed by atoms with Gasteiger partial charge in [-0.1, -0.05) is 30.3 Å². The van der Waals surface area contributed by atoms with Crippen molar-refractivity contribution in [3.63, 3.8) is 0 Å². The van der Waals surface area contributed by atoms with E-state index in [1.54, 1.807) is 24.8 Å². The van der Waals surface area contributed by atoms with Crippen LogP contribution in [0, 0.1) is 0 Å². The predicted octanol–water partition coefficient (Wildman–Crippen LogP) is 3.52. The standard InChI is InChI=1S/C20H18N4O/c25-20(24-12-4-7-18(24)15-8-10-21-11-9-15)17-13-22-19(23-14-17)16-5-2-1-3-6-16/h1-3,5-6,8-11,13-14,18H,4,7,12H2/t18-/m0/s1. The number of hydrogen-bond acceptors (Lipinski definition) is 4. The highest BCUT2D eigenvalue weighted by molar-refractivity contribution is 5.94. The third kappa shape index (κ3) is 3.13. The molecule has 1 saturated heterocycles. The van der Waals surface area contributed by atoms with Crippen molar-refractivity contribution in [2.24, 2.45) is 0 Å². The van der Waals surface area contributed by atoms with Crippen molar-refractivity contribution in [3.05, 3.63) is 78.4 Å². The smallest absolute Gasteiger partial charge is 0.257 e. The number of hydrogen-bond donors (Lipinski definition) is 0. The quantitative estimate of drug-likeness (QED) is 0.737. The number of nitrogens with zero attached hydrogens (tertiary/aromatic N) is 4. The molecule has 5 nitrogen and oxygen atoms in total. The zero-order valence-electron chi connectivity index (χ0n) is 13.7. The molecular formula is C20H18N4O. The Bertz CT molecular complexity index is 850. The number of amides is 1. The van der Waals surface area contributed by atoms with E-state index in [9.17, 15) is 4.79 Å². The van der Waals surface area contributed by atoms with Crippen LogP contribution in [0.2, 0.25) is 0 Å². The molecule has 1 atom stereocenters. The maximum atomic E-state index is 12.9. The van der Waals surface area contributed by atoms with E-state index in [0.717, 1.165) is 30.5 Å². The Morgan fingerprint density at radius 1 is 1.00 bits per heavy atom. The second-order valence-electron chi connectivity index (χ2n) is 6.10. The lowest BCUT2D eigenvalue weighted by Crippen LogP contribution is -2.30. The molecule has 0 spiro atoms. The van der Waals surface area contributed by atoms with Crippen molar-refractivity contribution in [2.75, 3.05) is 6.54 Å². The van der Waals surface area contributed by atoms with Gasteiger partial charge in [0.25, 0.3) is 5.91 Å². The van der Waals surface area contributed by atoms with Crippen LogP contribution in [0.3, 0.4) is 0 Å². The van der Waals surface area contributed by atoms with Crippen LogP contribution in [0.25, 0.3) is 11.4 Å². The average molecular weight is 330 g/mol. The van der Waals surface area contributed by atoms with Crippen LogP contribution in [0.5, 0.6) is 0 Å². The van der Waals surface area contributed by atoms with Crippen LogP contribution >= 0.6 is 0 Å². The van der Waals surface area contributed by atoms with Crippen LogP contribution in [0.4, 0.5) is 0 Å². The summed E-state index contributed by atoms with van der Waals surface area (Å²) in [5.41, 5.74) is 2.60. The van der Waals surface area contributed by atoms with E-state index in [2.05, 4.69) is 15.0 Å². The van der Waals surface area contributed by atoms with Crippen molar-refractivity contribution in [3.8, 4) is 11.4 Å². The maximum absolute atomic E-state index is 12.9. The summed E-state index contributed by atoms with van der Waals surface area (Å²) in [6.07, 6.45) is 8.77. The monoisotopic (exact) mass is 330 g/mol. The van der Waals surface area contributed by atoms with Crippen LogP contribution in [0.1, 0.15) is 34.8 Å². The third-order valence-corrected chi connectivity index (χ3v) is 4.54. The molecule has 0 saturated carbocycles. The third-order valence-electron chi connectivity index (χ3n) is 4.54. The van der Waals surface area contributed by atoms with Crippen molar-refractivity contribution in [1.29, 1.82) is 0 Å². The Labute approximate surface area is 146 Å². The fourth-order valence-corrected chi connectivity index (χ4v) is 3.28. The Morgan fingerprint density at radius 3 is 2.44 bits per heavy atom. The van der Waals surface area contributed by atoms with Gasteiger partial charge >= 0.3 is 0 Å². The number of rotatable bonds is 3. The van der Waals surface area contributed by atoms with Gasteiger partial charge in [-0.3, -0.25) is 9.78 Å². The molecule has 1 aromatic carbocycles. The Hall–Kier alpha value is -3.08.